The van der Waals surface area contributed by atoms with Crippen LogP contribution >= 0.6 is 12.4 Å². The van der Waals surface area contributed by atoms with Gasteiger partial charge in [-0.25, -0.2) is 0 Å². The van der Waals surface area contributed by atoms with Gasteiger partial charge in [0, 0.05) is 12.5 Å². The minimum atomic E-state index is 0. The van der Waals surface area contributed by atoms with E-state index in [9.17, 15) is 0 Å². The predicted molar refractivity (Wildman–Crippen MR) is 62.8 cm³/mol. The van der Waals surface area contributed by atoms with Crippen molar-refractivity contribution in [3.8, 4) is 0 Å². The standard InChI is InChI=1S/C12H15N.ClH/c1-2-6-11(7-3-1)12-8-4-5-9-13-10-12;/h1-3,5-7,9,12-13H,4,8,10H2;1H. The van der Waals surface area contributed by atoms with E-state index in [2.05, 4.69) is 47.9 Å². The summed E-state index contributed by atoms with van der Waals surface area (Å²) in [5, 5.41) is 3.32. The second-order valence-electron chi connectivity index (χ2n) is 3.50. The first-order valence-electron chi connectivity index (χ1n) is 4.90. The van der Waals surface area contributed by atoms with Gasteiger partial charge in [-0.05, 0) is 24.6 Å². The second-order valence-corrected chi connectivity index (χ2v) is 3.50. The van der Waals surface area contributed by atoms with Gasteiger partial charge in [-0.15, -0.1) is 12.4 Å². The number of hydrogen-bond donors (Lipinski definition) is 1. The molecule has 14 heavy (non-hydrogen) atoms. The molecule has 2 heteroatoms. The molecule has 1 aliphatic heterocycles. The van der Waals surface area contributed by atoms with Crippen LogP contribution in [-0.2, 0) is 0 Å². The molecule has 0 saturated carbocycles. The van der Waals surface area contributed by atoms with Gasteiger partial charge in [0.05, 0.1) is 0 Å². The van der Waals surface area contributed by atoms with Crippen LogP contribution in [0.25, 0.3) is 0 Å². The van der Waals surface area contributed by atoms with Crippen LogP contribution in [0.15, 0.2) is 42.6 Å². The first-order chi connectivity index (χ1) is 6.47. The Labute approximate surface area is 91.6 Å². The van der Waals surface area contributed by atoms with E-state index in [4.69, 9.17) is 0 Å². The first kappa shape index (κ1) is 11.1. The smallest absolute Gasteiger partial charge is 0.0210 e. The fraction of sp³-hybridized carbons (Fsp3) is 0.333. The number of hydrogen-bond acceptors (Lipinski definition) is 1. The molecule has 0 radical (unpaired) electrons. The Hall–Kier alpha value is -0.950. The quantitative estimate of drug-likeness (QED) is 0.750. The molecule has 0 spiro atoms. The van der Waals surface area contributed by atoms with Crippen LogP contribution < -0.4 is 5.32 Å². The van der Waals surface area contributed by atoms with Gasteiger partial charge >= 0.3 is 0 Å². The van der Waals surface area contributed by atoms with Crippen LogP contribution in [0.1, 0.15) is 24.3 Å². The average molecular weight is 210 g/mol. The lowest BCUT2D eigenvalue weighted by Crippen LogP contribution is -2.14. The second kappa shape index (κ2) is 5.71. The summed E-state index contributed by atoms with van der Waals surface area (Å²) < 4.78 is 0. The molecule has 1 aromatic rings. The first-order valence-corrected chi connectivity index (χ1v) is 4.90. The van der Waals surface area contributed by atoms with Crippen LogP contribution in [-0.4, -0.2) is 6.54 Å². The van der Waals surface area contributed by atoms with Crippen molar-refractivity contribution in [2.75, 3.05) is 6.54 Å². The minimum Gasteiger partial charge on any atom is -0.391 e. The molecular formula is C12H16ClN. The Morgan fingerprint density at radius 2 is 1.93 bits per heavy atom. The Morgan fingerprint density at radius 1 is 1.14 bits per heavy atom. The zero-order chi connectivity index (χ0) is 8.93. The van der Waals surface area contributed by atoms with E-state index in [1.807, 2.05) is 0 Å². The zero-order valence-electron chi connectivity index (χ0n) is 8.15. The summed E-state index contributed by atoms with van der Waals surface area (Å²) in [6.07, 6.45) is 6.73. The van der Waals surface area contributed by atoms with E-state index in [1.165, 1.54) is 18.4 Å². The van der Waals surface area contributed by atoms with Crippen LogP contribution in [0.5, 0.6) is 0 Å². The number of rotatable bonds is 1. The molecule has 0 bridgehead atoms. The lowest BCUT2D eigenvalue weighted by molar-refractivity contribution is 0.621. The molecule has 1 heterocycles. The predicted octanol–water partition coefficient (Wildman–Crippen LogP) is 3.09. The molecule has 1 aliphatic rings. The SMILES string of the molecule is C1=CNCC(c2ccccc2)CC1.Cl. The van der Waals surface area contributed by atoms with Crippen molar-refractivity contribution in [2.45, 2.75) is 18.8 Å². The normalized spacial score (nSPS) is 20.4. The Kier molecular flexibility index (Phi) is 4.54. The summed E-state index contributed by atoms with van der Waals surface area (Å²) in [7, 11) is 0. The van der Waals surface area contributed by atoms with Crippen molar-refractivity contribution in [3.05, 3.63) is 48.2 Å². The fourth-order valence-electron chi connectivity index (χ4n) is 1.79. The summed E-state index contributed by atoms with van der Waals surface area (Å²) >= 11 is 0. The summed E-state index contributed by atoms with van der Waals surface area (Å²) in [6, 6.07) is 10.8. The van der Waals surface area contributed by atoms with Crippen molar-refractivity contribution in [1.82, 2.24) is 5.32 Å². The monoisotopic (exact) mass is 209 g/mol. The summed E-state index contributed by atoms with van der Waals surface area (Å²) in [5.74, 6) is 0.677. The third kappa shape index (κ3) is 2.78. The largest absolute Gasteiger partial charge is 0.391 e. The molecule has 76 valence electrons. The zero-order valence-corrected chi connectivity index (χ0v) is 8.96. The number of halogens is 1. The lowest BCUT2D eigenvalue weighted by atomic mass is 9.95. The molecule has 1 unspecified atom stereocenters. The molecule has 1 atom stereocenters. The highest BCUT2D eigenvalue weighted by Gasteiger charge is 2.10. The Morgan fingerprint density at radius 3 is 2.71 bits per heavy atom. The lowest BCUT2D eigenvalue weighted by Gasteiger charge is -2.14. The fourth-order valence-corrected chi connectivity index (χ4v) is 1.79. The summed E-state index contributed by atoms with van der Waals surface area (Å²) in [5.41, 5.74) is 1.46. The van der Waals surface area contributed by atoms with Gasteiger partial charge in [-0.1, -0.05) is 36.4 Å². The van der Waals surface area contributed by atoms with E-state index < -0.39 is 0 Å². The van der Waals surface area contributed by atoms with Gasteiger partial charge in [0.15, 0.2) is 0 Å². The van der Waals surface area contributed by atoms with Crippen molar-refractivity contribution in [2.24, 2.45) is 0 Å². The third-order valence-electron chi connectivity index (χ3n) is 2.55. The molecule has 0 aromatic heterocycles. The molecule has 0 fully saturated rings. The van der Waals surface area contributed by atoms with Gasteiger partial charge in [0.2, 0.25) is 0 Å². The van der Waals surface area contributed by atoms with E-state index in [-0.39, 0.29) is 12.4 Å². The number of allylic oxidation sites excluding steroid dienone is 1. The van der Waals surface area contributed by atoms with Crippen molar-refractivity contribution >= 4 is 12.4 Å². The van der Waals surface area contributed by atoms with E-state index in [0.717, 1.165) is 6.54 Å². The molecule has 0 saturated heterocycles. The van der Waals surface area contributed by atoms with Gasteiger partial charge < -0.3 is 5.32 Å². The van der Waals surface area contributed by atoms with Gasteiger partial charge in [0.25, 0.3) is 0 Å². The highest BCUT2D eigenvalue weighted by atomic mass is 35.5. The highest BCUT2D eigenvalue weighted by Crippen LogP contribution is 2.21. The highest BCUT2D eigenvalue weighted by molar-refractivity contribution is 5.85. The van der Waals surface area contributed by atoms with Crippen molar-refractivity contribution in [3.63, 3.8) is 0 Å². The van der Waals surface area contributed by atoms with Crippen LogP contribution in [0.2, 0.25) is 0 Å². The molecular weight excluding hydrogens is 194 g/mol. The molecule has 2 rings (SSSR count). The van der Waals surface area contributed by atoms with Crippen molar-refractivity contribution in [1.29, 1.82) is 0 Å². The van der Waals surface area contributed by atoms with Gasteiger partial charge in [0.1, 0.15) is 0 Å². The summed E-state index contributed by atoms with van der Waals surface area (Å²) in [6.45, 7) is 1.07. The number of benzene rings is 1. The number of nitrogens with one attached hydrogen (secondary N) is 1. The van der Waals surface area contributed by atoms with Gasteiger partial charge in [-0.3, -0.25) is 0 Å². The van der Waals surface area contributed by atoms with E-state index in [0.29, 0.717) is 5.92 Å². The molecule has 0 aliphatic carbocycles. The minimum absolute atomic E-state index is 0. The Balaban J connectivity index is 0.000000980. The molecule has 0 amide bonds. The molecule has 1 N–H and O–H groups in total. The maximum absolute atomic E-state index is 3.32. The van der Waals surface area contributed by atoms with E-state index in [1.54, 1.807) is 0 Å². The third-order valence-corrected chi connectivity index (χ3v) is 2.55. The topological polar surface area (TPSA) is 12.0 Å². The maximum Gasteiger partial charge on any atom is 0.0210 e. The van der Waals surface area contributed by atoms with Crippen molar-refractivity contribution < 1.29 is 0 Å². The molecule has 1 nitrogen and oxygen atoms in total. The molecule has 1 aromatic carbocycles. The van der Waals surface area contributed by atoms with Gasteiger partial charge in [-0.2, -0.15) is 0 Å². The van der Waals surface area contributed by atoms with Crippen LogP contribution in [0.3, 0.4) is 0 Å². The van der Waals surface area contributed by atoms with Crippen LogP contribution in [0.4, 0.5) is 0 Å². The average Bonchev–Trinajstić information content (AvgIpc) is 2.47. The Bertz CT molecular complexity index is 272. The van der Waals surface area contributed by atoms with E-state index >= 15 is 0 Å². The maximum atomic E-state index is 3.32. The van der Waals surface area contributed by atoms with Crippen LogP contribution in [0, 0.1) is 0 Å². The summed E-state index contributed by atoms with van der Waals surface area (Å²) in [4.78, 5) is 0.